The molecule has 49 heavy (non-hydrogen) atoms. The molecule has 0 bridgehead atoms. The number of hydrogen-bond acceptors (Lipinski definition) is 12. The minimum atomic E-state index is -1.73. The molecule has 0 saturated carbocycles. The second-order valence-corrected chi connectivity index (χ2v) is 11.9. The van der Waals surface area contributed by atoms with Crippen molar-refractivity contribution in [3.63, 3.8) is 0 Å². The number of hydrogen-bond donors (Lipinski definition) is 14. The Labute approximate surface area is 284 Å². The molecule has 8 atom stereocenters. The molecule has 0 unspecified atom stereocenters. The Balaban J connectivity index is 6.09. The van der Waals surface area contributed by atoms with Crippen LogP contribution in [-0.4, -0.2) is 125 Å². The van der Waals surface area contributed by atoms with Crippen LogP contribution in [0.4, 0.5) is 0 Å². The van der Waals surface area contributed by atoms with Crippen LogP contribution in [0.2, 0.25) is 0 Å². The van der Waals surface area contributed by atoms with Crippen LogP contribution in [0, 0.1) is 0 Å². The zero-order valence-corrected chi connectivity index (χ0v) is 28.4. The van der Waals surface area contributed by atoms with Gasteiger partial charge in [-0.15, -0.1) is 0 Å². The second kappa shape index (κ2) is 23.4. The molecule has 0 saturated heterocycles. The fourth-order valence-corrected chi connectivity index (χ4v) is 4.34. The van der Waals surface area contributed by atoms with Crippen LogP contribution in [0.15, 0.2) is 0 Å². The van der Waals surface area contributed by atoms with Crippen molar-refractivity contribution in [3.05, 3.63) is 0 Å². The largest absolute Gasteiger partial charge is 0.480 e. The first-order valence-electron chi connectivity index (χ1n) is 16.1. The number of nitrogens with one attached hydrogen (secondary N) is 6. The molecule has 282 valence electrons. The quantitative estimate of drug-likeness (QED) is 0.0310. The Morgan fingerprint density at radius 1 is 0.653 bits per heavy atom. The zero-order chi connectivity index (χ0) is 37.8. The number of carbonyl (C=O) groups excluding carboxylic acids is 6. The number of carboxylic acids is 1. The van der Waals surface area contributed by atoms with E-state index in [1.165, 1.54) is 13.8 Å². The van der Waals surface area contributed by atoms with E-state index in [9.17, 15) is 48.9 Å². The van der Waals surface area contributed by atoms with Crippen LogP contribution in [0.3, 0.4) is 0 Å². The summed E-state index contributed by atoms with van der Waals surface area (Å²) >= 11 is 0. The minimum absolute atomic E-state index is 0.0273. The third kappa shape index (κ3) is 18.4. The number of nitrogens with two attached hydrogens (primary N) is 3. The highest BCUT2D eigenvalue weighted by atomic mass is 16.4. The van der Waals surface area contributed by atoms with Gasteiger partial charge in [0.2, 0.25) is 29.5 Å². The molecule has 0 aliphatic carbocycles. The lowest BCUT2D eigenvalue weighted by Crippen LogP contribution is -2.68. The Hall–Kier alpha value is -3.99. The van der Waals surface area contributed by atoms with Crippen molar-refractivity contribution >= 4 is 41.4 Å². The molecule has 0 aromatic heterocycles. The van der Waals surface area contributed by atoms with Crippen LogP contribution < -0.4 is 60.6 Å². The van der Waals surface area contributed by atoms with Gasteiger partial charge in [0, 0.05) is 6.42 Å². The third-order valence-corrected chi connectivity index (χ3v) is 7.18. The van der Waals surface area contributed by atoms with Crippen molar-refractivity contribution in [2.75, 3.05) is 13.1 Å². The standard InChI is InChI=1S/C28H55N11O10/c1-13(30)22(43)35-17(8-6-12-34-28(32)33)24(45)38-20(14(2)40)26(47)37-16(7-4-5-11-29)23(44)36-18(9-10-19(31)42)25(46)39-21(15(3)41)27(48)49/h13-18,20-21,28,34,40-41H,4-12,29-30,32-33H2,1-3H3,(H2,31,42)(H,35,43)(H,36,44)(H,37,47)(H,38,45)(H,39,46)(H,48,49)/p+2/t13-,14+,15+,16-,17-,18-,20-,21-/m0/s1. The number of aliphatic carboxylic acids is 1. The molecule has 0 spiro atoms. The van der Waals surface area contributed by atoms with E-state index in [4.69, 9.17) is 17.2 Å². The number of aliphatic hydroxyl groups is 2. The SMILES string of the molecule is C[C@H]([NH3+])C(=O)N[C@@H](CCCNC(N)N)C(=O)N[C@H](C(=O)N[C@@H](CCCC[NH3+])C(=O)N[C@@H](CCC(N)=O)C(=O)N[C@H](C(=O)O)[C@@H](C)O)[C@@H](C)O. The molecule has 0 aromatic rings. The molecule has 0 rings (SSSR count). The Bertz CT molecular complexity index is 1110. The Morgan fingerprint density at radius 2 is 1.10 bits per heavy atom. The third-order valence-electron chi connectivity index (χ3n) is 7.18. The van der Waals surface area contributed by atoms with Gasteiger partial charge in [-0.25, -0.2) is 4.79 Å². The minimum Gasteiger partial charge on any atom is -0.480 e. The highest BCUT2D eigenvalue weighted by Gasteiger charge is 2.35. The molecule has 0 aliphatic heterocycles. The first-order chi connectivity index (χ1) is 22.8. The zero-order valence-electron chi connectivity index (χ0n) is 28.4. The Morgan fingerprint density at radius 3 is 1.55 bits per heavy atom. The van der Waals surface area contributed by atoms with Crippen molar-refractivity contribution in [1.29, 1.82) is 0 Å². The molecular formula is C28H57N11O10+2. The average molecular weight is 708 g/mol. The van der Waals surface area contributed by atoms with Gasteiger partial charge in [-0.2, -0.15) is 0 Å². The van der Waals surface area contributed by atoms with Gasteiger partial charge in [0.05, 0.1) is 18.8 Å². The van der Waals surface area contributed by atoms with Crippen molar-refractivity contribution in [2.45, 2.75) is 120 Å². The number of rotatable bonds is 25. The van der Waals surface area contributed by atoms with E-state index in [1.54, 1.807) is 0 Å². The number of carbonyl (C=O) groups is 7. The maximum atomic E-state index is 13.5. The van der Waals surface area contributed by atoms with E-state index in [-0.39, 0.29) is 25.7 Å². The van der Waals surface area contributed by atoms with Crippen molar-refractivity contribution < 1.29 is 60.3 Å². The molecule has 0 aromatic carbocycles. The predicted octanol–water partition coefficient (Wildman–Crippen LogP) is -7.86. The lowest BCUT2D eigenvalue weighted by Gasteiger charge is -2.28. The van der Waals surface area contributed by atoms with Gasteiger partial charge in [-0.1, -0.05) is 0 Å². The van der Waals surface area contributed by atoms with Crippen molar-refractivity contribution in [2.24, 2.45) is 17.2 Å². The number of unbranched alkanes of at least 4 members (excludes halogenated alkanes) is 1. The summed E-state index contributed by atoms with van der Waals surface area (Å²) in [6, 6.07) is -8.01. The summed E-state index contributed by atoms with van der Waals surface area (Å²) in [5.74, 6) is -6.61. The topological polar surface area (TPSA) is 386 Å². The molecule has 21 N–H and O–H groups in total. The van der Waals surface area contributed by atoms with E-state index in [2.05, 4.69) is 43.4 Å². The average Bonchev–Trinajstić information content (AvgIpc) is 3.00. The molecule has 0 heterocycles. The normalized spacial score (nSPS) is 16.1. The summed E-state index contributed by atoms with van der Waals surface area (Å²) in [6.07, 6.45) is -3.11. The summed E-state index contributed by atoms with van der Waals surface area (Å²) in [7, 11) is 0. The van der Waals surface area contributed by atoms with E-state index in [1.807, 2.05) is 0 Å². The fraction of sp³-hybridized carbons (Fsp3) is 0.750. The number of primary amides is 1. The number of aliphatic hydroxyl groups excluding tert-OH is 2. The summed E-state index contributed by atoms with van der Waals surface area (Å²) in [6.45, 7) is 4.68. The summed E-state index contributed by atoms with van der Waals surface area (Å²) < 4.78 is 0. The smallest absolute Gasteiger partial charge is 0.328 e. The number of carboxylic acid groups (broad SMARTS) is 1. The highest BCUT2D eigenvalue weighted by Crippen LogP contribution is 2.07. The van der Waals surface area contributed by atoms with Gasteiger partial charge in [0.1, 0.15) is 30.5 Å². The molecule has 0 fully saturated rings. The maximum Gasteiger partial charge on any atom is 0.328 e. The molecule has 21 heteroatoms. The van der Waals surface area contributed by atoms with Gasteiger partial charge in [-0.3, -0.25) is 34.1 Å². The lowest BCUT2D eigenvalue weighted by molar-refractivity contribution is -0.398. The van der Waals surface area contributed by atoms with Crippen LogP contribution in [-0.2, 0) is 33.6 Å². The monoisotopic (exact) mass is 707 g/mol. The van der Waals surface area contributed by atoms with Crippen molar-refractivity contribution in [3.8, 4) is 0 Å². The summed E-state index contributed by atoms with van der Waals surface area (Å²) in [5, 5.41) is 44.3. The van der Waals surface area contributed by atoms with Crippen LogP contribution >= 0.6 is 0 Å². The molecule has 6 amide bonds. The second-order valence-electron chi connectivity index (χ2n) is 11.9. The van der Waals surface area contributed by atoms with Gasteiger partial charge < -0.3 is 70.6 Å². The number of amides is 6. The van der Waals surface area contributed by atoms with Gasteiger partial charge in [0.25, 0.3) is 5.91 Å². The highest BCUT2D eigenvalue weighted by molar-refractivity contribution is 5.96. The van der Waals surface area contributed by atoms with E-state index < -0.39 is 96.2 Å². The van der Waals surface area contributed by atoms with Gasteiger partial charge in [0.15, 0.2) is 12.1 Å². The van der Waals surface area contributed by atoms with Crippen molar-refractivity contribution in [1.82, 2.24) is 31.9 Å². The molecule has 0 radical (unpaired) electrons. The number of quaternary nitrogens is 2. The van der Waals surface area contributed by atoms with Crippen LogP contribution in [0.5, 0.6) is 0 Å². The maximum absolute atomic E-state index is 13.5. The molecular weight excluding hydrogens is 650 g/mol. The first-order valence-corrected chi connectivity index (χ1v) is 16.1. The summed E-state index contributed by atoms with van der Waals surface area (Å²) in [5.41, 5.74) is 23.5. The first kappa shape index (κ1) is 45.0. The van der Waals surface area contributed by atoms with Gasteiger partial charge in [-0.05, 0) is 65.8 Å². The molecule has 0 aliphatic rings. The van der Waals surface area contributed by atoms with Gasteiger partial charge >= 0.3 is 5.97 Å². The predicted molar refractivity (Wildman–Crippen MR) is 172 cm³/mol. The Kier molecular flexibility index (Phi) is 21.5. The molecule has 21 nitrogen and oxygen atoms in total. The summed E-state index contributed by atoms with van der Waals surface area (Å²) in [4.78, 5) is 88.5. The van der Waals surface area contributed by atoms with E-state index >= 15 is 0 Å². The van der Waals surface area contributed by atoms with Crippen LogP contribution in [0.1, 0.15) is 65.7 Å². The fourth-order valence-electron chi connectivity index (χ4n) is 4.34. The van der Waals surface area contributed by atoms with E-state index in [0.717, 1.165) is 6.92 Å². The van der Waals surface area contributed by atoms with Crippen LogP contribution in [0.25, 0.3) is 0 Å². The lowest BCUT2D eigenvalue weighted by atomic mass is 10.0. The van der Waals surface area contributed by atoms with E-state index in [0.29, 0.717) is 32.4 Å².